The normalized spacial score (nSPS) is 15.9. The lowest BCUT2D eigenvalue weighted by atomic mass is 9.85. The second kappa shape index (κ2) is 7.50. The minimum absolute atomic E-state index is 0.0515. The fraction of sp³-hybridized carbons (Fsp3) is 0.304. The van der Waals surface area contributed by atoms with Crippen LogP contribution in [0.25, 0.3) is 10.9 Å². The summed E-state index contributed by atoms with van der Waals surface area (Å²) in [6, 6.07) is 13.4. The third kappa shape index (κ3) is 3.40. The number of ether oxygens (including phenoxy) is 1. The second-order valence-electron chi connectivity index (χ2n) is 7.33. The number of esters is 1. The highest BCUT2D eigenvalue weighted by molar-refractivity contribution is 6.02. The third-order valence-electron chi connectivity index (χ3n) is 5.39. The van der Waals surface area contributed by atoms with Crippen LogP contribution in [0.5, 0.6) is 0 Å². The lowest BCUT2D eigenvalue weighted by Gasteiger charge is -2.22. The first-order valence-electron chi connectivity index (χ1n) is 9.74. The predicted octanol–water partition coefficient (Wildman–Crippen LogP) is 4.40. The van der Waals surface area contributed by atoms with Gasteiger partial charge in [-0.15, -0.1) is 0 Å². The van der Waals surface area contributed by atoms with Gasteiger partial charge in [0.25, 0.3) is 0 Å². The molecule has 0 radical (unpaired) electrons. The molecule has 28 heavy (non-hydrogen) atoms. The Kier molecular flexibility index (Phi) is 4.90. The average Bonchev–Trinajstić information content (AvgIpc) is 3.05. The number of amides is 1. The summed E-state index contributed by atoms with van der Waals surface area (Å²) in [7, 11) is 0. The number of aromatic amines is 1. The Morgan fingerprint density at radius 3 is 2.86 bits per heavy atom. The number of carbonyl (C=O) groups is 2. The van der Waals surface area contributed by atoms with E-state index in [2.05, 4.69) is 35.4 Å². The largest absolute Gasteiger partial charge is 0.462 e. The van der Waals surface area contributed by atoms with Gasteiger partial charge < -0.3 is 15.0 Å². The second-order valence-corrected chi connectivity index (χ2v) is 7.33. The summed E-state index contributed by atoms with van der Waals surface area (Å²) in [5.74, 6) is -0.594. The van der Waals surface area contributed by atoms with Gasteiger partial charge in [0.15, 0.2) is 0 Å². The number of aryl methyl sites for hydroxylation is 2. The van der Waals surface area contributed by atoms with Crippen LogP contribution in [-0.4, -0.2) is 23.5 Å². The van der Waals surface area contributed by atoms with Gasteiger partial charge in [0.1, 0.15) is 0 Å². The maximum atomic E-state index is 13.0. The van der Waals surface area contributed by atoms with Gasteiger partial charge in [0.05, 0.1) is 17.9 Å². The smallest absolute Gasteiger partial charge is 0.340 e. The molecule has 0 fully saturated rings. The van der Waals surface area contributed by atoms with Crippen molar-refractivity contribution in [1.29, 1.82) is 0 Å². The minimum Gasteiger partial charge on any atom is -0.462 e. The molecule has 1 aromatic heterocycles. The summed E-state index contributed by atoms with van der Waals surface area (Å²) in [4.78, 5) is 28.6. The van der Waals surface area contributed by atoms with Gasteiger partial charge in [0.2, 0.25) is 5.91 Å². The number of H-pyrrole nitrogens is 1. The van der Waals surface area contributed by atoms with Gasteiger partial charge in [-0.25, -0.2) is 4.79 Å². The molecule has 2 N–H and O–H groups in total. The lowest BCUT2D eigenvalue weighted by Crippen LogP contribution is -2.28. The summed E-state index contributed by atoms with van der Waals surface area (Å²) >= 11 is 0. The average molecular weight is 376 g/mol. The Morgan fingerprint density at radius 2 is 2.04 bits per heavy atom. The van der Waals surface area contributed by atoms with E-state index in [1.54, 1.807) is 31.2 Å². The minimum atomic E-state index is -0.420. The third-order valence-corrected chi connectivity index (χ3v) is 5.39. The topological polar surface area (TPSA) is 71.2 Å². The Morgan fingerprint density at radius 1 is 1.21 bits per heavy atom. The molecule has 1 amide bonds. The summed E-state index contributed by atoms with van der Waals surface area (Å²) in [5.41, 5.74) is 5.71. The molecule has 1 aliphatic rings. The van der Waals surface area contributed by atoms with Crippen LogP contribution in [0.3, 0.4) is 0 Å². The van der Waals surface area contributed by atoms with E-state index >= 15 is 0 Å². The van der Waals surface area contributed by atoms with Crippen LogP contribution >= 0.6 is 0 Å². The number of hydrogen-bond donors (Lipinski definition) is 2. The fourth-order valence-corrected chi connectivity index (χ4v) is 3.97. The number of benzene rings is 2. The number of hydrogen-bond acceptors (Lipinski definition) is 3. The van der Waals surface area contributed by atoms with Crippen LogP contribution in [0.2, 0.25) is 0 Å². The predicted molar refractivity (Wildman–Crippen MR) is 110 cm³/mol. The molecular formula is C23H24N2O3. The Bertz CT molecular complexity index is 1050. The molecule has 0 bridgehead atoms. The van der Waals surface area contributed by atoms with Crippen LogP contribution in [0.15, 0.2) is 42.5 Å². The van der Waals surface area contributed by atoms with Gasteiger partial charge in [-0.05, 0) is 62.9 Å². The molecule has 0 spiro atoms. The van der Waals surface area contributed by atoms with Crippen molar-refractivity contribution in [3.8, 4) is 0 Å². The lowest BCUT2D eigenvalue weighted by molar-refractivity contribution is -0.120. The van der Waals surface area contributed by atoms with Crippen molar-refractivity contribution >= 4 is 28.5 Å². The van der Waals surface area contributed by atoms with Gasteiger partial charge >= 0.3 is 5.97 Å². The molecule has 1 atom stereocenters. The Balaban J connectivity index is 1.56. The van der Waals surface area contributed by atoms with Gasteiger partial charge in [-0.3, -0.25) is 4.79 Å². The quantitative estimate of drug-likeness (QED) is 0.663. The van der Waals surface area contributed by atoms with Gasteiger partial charge in [-0.2, -0.15) is 0 Å². The first-order chi connectivity index (χ1) is 13.6. The standard InChI is InChI=1S/C23H24N2O3/c1-3-28-23(27)16-6-4-5-7-19(16)25-22(26)15-9-11-21-18(13-15)17-12-14(2)8-10-20(17)24-21/h4-8,10,12,15,24H,3,9,11,13H2,1-2H3,(H,25,26). The van der Waals surface area contributed by atoms with Crippen molar-refractivity contribution < 1.29 is 14.3 Å². The monoisotopic (exact) mass is 376 g/mol. The molecule has 3 aromatic rings. The maximum absolute atomic E-state index is 13.0. The van der Waals surface area contributed by atoms with Crippen LogP contribution in [-0.2, 0) is 22.4 Å². The summed E-state index contributed by atoms with van der Waals surface area (Å²) in [6.45, 7) is 4.15. The molecule has 4 rings (SSSR count). The summed E-state index contributed by atoms with van der Waals surface area (Å²) < 4.78 is 5.10. The molecule has 144 valence electrons. The van der Waals surface area contributed by atoms with Crippen molar-refractivity contribution in [2.75, 3.05) is 11.9 Å². The molecule has 1 unspecified atom stereocenters. The number of rotatable bonds is 4. The first kappa shape index (κ1) is 18.3. The van der Waals surface area contributed by atoms with E-state index in [1.165, 1.54) is 22.2 Å². The summed E-state index contributed by atoms with van der Waals surface area (Å²) in [6.07, 6.45) is 2.33. The van der Waals surface area contributed by atoms with Crippen molar-refractivity contribution in [1.82, 2.24) is 4.98 Å². The Hall–Kier alpha value is -3.08. The number of nitrogens with one attached hydrogen (secondary N) is 2. The zero-order valence-electron chi connectivity index (χ0n) is 16.2. The zero-order chi connectivity index (χ0) is 19.7. The van der Waals surface area contributed by atoms with E-state index in [9.17, 15) is 9.59 Å². The van der Waals surface area contributed by atoms with Crippen molar-refractivity contribution in [3.63, 3.8) is 0 Å². The van der Waals surface area contributed by atoms with E-state index in [1.807, 2.05) is 0 Å². The van der Waals surface area contributed by atoms with Crippen molar-refractivity contribution in [2.24, 2.45) is 5.92 Å². The number of anilines is 1. The fourth-order valence-electron chi connectivity index (χ4n) is 3.97. The molecule has 2 aromatic carbocycles. The molecule has 0 aliphatic heterocycles. The highest BCUT2D eigenvalue weighted by Crippen LogP contribution is 2.33. The van der Waals surface area contributed by atoms with Gasteiger partial charge in [0, 0.05) is 22.5 Å². The Labute approximate surface area is 164 Å². The molecule has 5 heteroatoms. The van der Waals surface area contributed by atoms with Crippen molar-refractivity contribution in [2.45, 2.75) is 33.1 Å². The molecular weight excluding hydrogens is 352 g/mol. The highest BCUT2D eigenvalue weighted by Gasteiger charge is 2.28. The van der Waals surface area contributed by atoms with E-state index < -0.39 is 5.97 Å². The van der Waals surface area contributed by atoms with E-state index in [-0.39, 0.29) is 11.8 Å². The molecule has 1 heterocycles. The molecule has 5 nitrogen and oxygen atoms in total. The van der Waals surface area contributed by atoms with Crippen LogP contribution in [0, 0.1) is 12.8 Å². The van der Waals surface area contributed by atoms with Crippen LogP contribution < -0.4 is 5.32 Å². The van der Waals surface area contributed by atoms with Crippen LogP contribution in [0.4, 0.5) is 5.69 Å². The van der Waals surface area contributed by atoms with E-state index in [4.69, 9.17) is 4.74 Å². The zero-order valence-corrected chi connectivity index (χ0v) is 16.2. The number of fused-ring (bicyclic) bond motifs is 3. The molecule has 1 aliphatic carbocycles. The van der Waals surface area contributed by atoms with Crippen LogP contribution in [0.1, 0.15) is 40.5 Å². The number of carbonyl (C=O) groups excluding carboxylic acids is 2. The molecule has 0 saturated heterocycles. The number of para-hydroxylation sites is 1. The summed E-state index contributed by atoms with van der Waals surface area (Å²) in [5, 5.41) is 4.16. The van der Waals surface area contributed by atoms with E-state index in [0.29, 0.717) is 24.3 Å². The maximum Gasteiger partial charge on any atom is 0.340 e. The first-order valence-corrected chi connectivity index (χ1v) is 9.74. The highest BCUT2D eigenvalue weighted by atomic mass is 16.5. The van der Waals surface area contributed by atoms with E-state index in [0.717, 1.165) is 18.4 Å². The SMILES string of the molecule is CCOC(=O)c1ccccc1NC(=O)C1CCc2[nH]c3ccc(C)cc3c2C1. The molecule has 0 saturated carbocycles. The van der Waals surface area contributed by atoms with Gasteiger partial charge in [-0.1, -0.05) is 23.8 Å². The number of aromatic nitrogens is 1. The van der Waals surface area contributed by atoms with Crippen molar-refractivity contribution in [3.05, 3.63) is 64.8 Å².